The van der Waals surface area contributed by atoms with Crippen LogP contribution in [0.2, 0.25) is 0 Å². The van der Waals surface area contributed by atoms with E-state index < -0.39 is 10.8 Å². The van der Waals surface area contributed by atoms with Gasteiger partial charge in [0.25, 0.3) is 0 Å². The van der Waals surface area contributed by atoms with Gasteiger partial charge in [-0.25, -0.2) is 0 Å². The summed E-state index contributed by atoms with van der Waals surface area (Å²) in [6.45, 7) is 2.23. The van der Waals surface area contributed by atoms with E-state index in [-0.39, 0.29) is 0 Å². The molecular formula is C45H28S. The highest BCUT2D eigenvalue weighted by molar-refractivity contribution is 7.25. The highest BCUT2D eigenvalue weighted by Gasteiger charge is 2.58. The number of hydrogen-bond acceptors (Lipinski definition) is 1. The van der Waals surface area contributed by atoms with Crippen LogP contribution in [0.5, 0.6) is 0 Å². The van der Waals surface area contributed by atoms with Crippen molar-refractivity contribution in [3.63, 3.8) is 0 Å². The molecule has 8 aromatic rings. The molecular weight excluding hydrogens is 573 g/mol. The fourth-order valence-electron chi connectivity index (χ4n) is 9.62. The van der Waals surface area contributed by atoms with Gasteiger partial charge < -0.3 is 0 Å². The minimum absolute atomic E-state index is 0.402. The van der Waals surface area contributed by atoms with E-state index in [0.29, 0.717) is 0 Å². The molecule has 0 amide bonds. The Balaban J connectivity index is 1.36. The van der Waals surface area contributed by atoms with E-state index in [9.17, 15) is 0 Å². The van der Waals surface area contributed by atoms with Crippen molar-refractivity contribution in [2.24, 2.45) is 0 Å². The predicted octanol–water partition coefficient (Wildman–Crippen LogP) is 11.4. The van der Waals surface area contributed by atoms with Crippen molar-refractivity contribution in [2.45, 2.75) is 17.8 Å². The van der Waals surface area contributed by atoms with Gasteiger partial charge in [-0.2, -0.15) is 0 Å². The zero-order valence-electron chi connectivity index (χ0n) is 25.3. The monoisotopic (exact) mass is 600 g/mol. The van der Waals surface area contributed by atoms with Gasteiger partial charge in [0.15, 0.2) is 0 Å². The Hall–Kier alpha value is -5.24. The summed E-state index contributed by atoms with van der Waals surface area (Å²) in [6, 6.07) is 58.1. The van der Waals surface area contributed by atoms with E-state index in [0.717, 1.165) is 0 Å². The Labute approximate surface area is 272 Å². The Kier molecular flexibility index (Phi) is 4.63. The van der Waals surface area contributed by atoms with E-state index in [1.165, 1.54) is 92.5 Å². The maximum absolute atomic E-state index is 2.55. The molecule has 0 nitrogen and oxygen atoms in total. The van der Waals surface area contributed by atoms with Crippen LogP contribution >= 0.6 is 11.3 Å². The largest absolute Gasteiger partial charge is 0.135 e. The second-order valence-corrected chi connectivity index (χ2v) is 14.3. The lowest BCUT2D eigenvalue weighted by molar-refractivity contribution is 0.633. The molecule has 1 aromatic heterocycles. The van der Waals surface area contributed by atoms with Crippen molar-refractivity contribution in [1.29, 1.82) is 0 Å². The molecule has 1 heterocycles. The molecule has 2 spiro atoms. The molecule has 46 heavy (non-hydrogen) atoms. The smallest absolute Gasteiger partial charge is 0.0720 e. The Morgan fingerprint density at radius 3 is 1.46 bits per heavy atom. The fraction of sp³-hybridized carbons (Fsp3) is 0.0667. The molecule has 0 N–H and O–H groups in total. The number of fused-ring (bicyclic) bond motifs is 19. The quantitative estimate of drug-likeness (QED) is 0.162. The SMILES string of the molecule is Cc1ccc2c(c1)-c1cc3c(cc1C21c2ccccc2C2(c4ccccc4-c4ccccc42)c2ccccc21)sc1ccccc13. The summed E-state index contributed by atoms with van der Waals surface area (Å²) in [5.41, 5.74) is 17.0. The van der Waals surface area contributed by atoms with Gasteiger partial charge in [0.2, 0.25) is 0 Å². The van der Waals surface area contributed by atoms with Crippen molar-refractivity contribution < 1.29 is 0 Å². The zero-order chi connectivity index (χ0) is 30.2. The van der Waals surface area contributed by atoms with E-state index in [4.69, 9.17) is 0 Å². The lowest BCUT2D eigenvalue weighted by Gasteiger charge is -2.48. The maximum Gasteiger partial charge on any atom is 0.0720 e. The lowest BCUT2D eigenvalue weighted by Crippen LogP contribution is -2.43. The summed E-state index contributed by atoms with van der Waals surface area (Å²) in [5, 5.41) is 2.71. The Bertz CT molecular complexity index is 2520. The molecule has 7 aromatic carbocycles. The third kappa shape index (κ3) is 2.71. The topological polar surface area (TPSA) is 0 Å². The van der Waals surface area contributed by atoms with Gasteiger partial charge in [-0.3, -0.25) is 0 Å². The summed E-state index contributed by atoms with van der Waals surface area (Å²) in [4.78, 5) is 0. The van der Waals surface area contributed by atoms with Crippen molar-refractivity contribution in [3.05, 3.63) is 202 Å². The minimum Gasteiger partial charge on any atom is -0.135 e. The van der Waals surface area contributed by atoms with E-state index in [2.05, 4.69) is 159 Å². The highest BCUT2D eigenvalue weighted by atomic mass is 32.1. The maximum atomic E-state index is 2.55. The number of benzene rings is 7. The van der Waals surface area contributed by atoms with Crippen LogP contribution in [0.15, 0.2) is 152 Å². The van der Waals surface area contributed by atoms with Crippen LogP contribution in [0.3, 0.4) is 0 Å². The molecule has 0 fully saturated rings. The van der Waals surface area contributed by atoms with Crippen LogP contribution in [0.1, 0.15) is 50.1 Å². The van der Waals surface area contributed by atoms with E-state index in [1.807, 2.05) is 11.3 Å². The summed E-state index contributed by atoms with van der Waals surface area (Å²) >= 11 is 1.92. The number of hydrogen-bond donors (Lipinski definition) is 0. The van der Waals surface area contributed by atoms with Crippen LogP contribution in [-0.4, -0.2) is 0 Å². The summed E-state index contributed by atoms with van der Waals surface area (Å²) in [5.74, 6) is 0. The molecule has 0 radical (unpaired) electrons. The van der Waals surface area contributed by atoms with E-state index >= 15 is 0 Å². The van der Waals surface area contributed by atoms with Gasteiger partial charge in [0.05, 0.1) is 10.8 Å². The normalized spacial score (nSPS) is 15.4. The van der Waals surface area contributed by atoms with Crippen LogP contribution in [0.25, 0.3) is 42.4 Å². The first-order chi connectivity index (χ1) is 22.7. The number of thiophene rings is 1. The fourth-order valence-corrected chi connectivity index (χ4v) is 10.7. The first-order valence-electron chi connectivity index (χ1n) is 16.2. The Morgan fingerprint density at radius 2 is 0.826 bits per heavy atom. The third-order valence-electron chi connectivity index (χ3n) is 11.2. The second kappa shape index (κ2) is 8.51. The van der Waals surface area contributed by atoms with Gasteiger partial charge >= 0.3 is 0 Å². The van der Waals surface area contributed by atoms with Crippen LogP contribution in [0, 0.1) is 6.92 Å². The minimum atomic E-state index is -0.437. The molecule has 3 aliphatic carbocycles. The van der Waals surface area contributed by atoms with Crippen molar-refractivity contribution >= 4 is 31.5 Å². The molecule has 0 atom stereocenters. The van der Waals surface area contributed by atoms with Gasteiger partial charge in [-0.05, 0) is 91.9 Å². The molecule has 0 saturated carbocycles. The van der Waals surface area contributed by atoms with Crippen molar-refractivity contribution in [3.8, 4) is 22.3 Å². The average molecular weight is 601 g/mol. The zero-order valence-corrected chi connectivity index (χ0v) is 26.2. The highest BCUT2D eigenvalue weighted by Crippen LogP contribution is 2.67. The van der Waals surface area contributed by atoms with Crippen molar-refractivity contribution in [1.82, 2.24) is 0 Å². The second-order valence-electron chi connectivity index (χ2n) is 13.2. The van der Waals surface area contributed by atoms with Gasteiger partial charge in [-0.15, -0.1) is 11.3 Å². The molecule has 1 heteroatoms. The molecule has 0 unspecified atom stereocenters. The van der Waals surface area contributed by atoms with Crippen LogP contribution < -0.4 is 0 Å². The van der Waals surface area contributed by atoms with Gasteiger partial charge in [0.1, 0.15) is 0 Å². The first-order valence-corrected chi connectivity index (χ1v) is 17.0. The third-order valence-corrected chi connectivity index (χ3v) is 12.3. The van der Waals surface area contributed by atoms with E-state index in [1.54, 1.807) is 0 Å². The molecule has 0 saturated heterocycles. The summed E-state index contributed by atoms with van der Waals surface area (Å²) in [6.07, 6.45) is 0. The lowest BCUT2D eigenvalue weighted by atomic mass is 9.52. The molecule has 0 bridgehead atoms. The molecule has 214 valence electrons. The Morgan fingerprint density at radius 1 is 0.348 bits per heavy atom. The molecule has 3 aliphatic rings. The number of aryl methyl sites for hydroxylation is 1. The summed E-state index contributed by atoms with van der Waals surface area (Å²) in [7, 11) is 0. The average Bonchev–Trinajstić information content (AvgIpc) is 3.71. The molecule has 11 rings (SSSR count). The van der Waals surface area contributed by atoms with Gasteiger partial charge in [0, 0.05) is 20.2 Å². The van der Waals surface area contributed by atoms with Crippen molar-refractivity contribution in [2.75, 3.05) is 0 Å². The van der Waals surface area contributed by atoms with Crippen LogP contribution in [-0.2, 0) is 10.8 Å². The summed E-state index contributed by atoms with van der Waals surface area (Å²) < 4.78 is 2.71. The van der Waals surface area contributed by atoms with Crippen LogP contribution in [0.4, 0.5) is 0 Å². The number of rotatable bonds is 0. The predicted molar refractivity (Wildman–Crippen MR) is 192 cm³/mol. The first kappa shape index (κ1) is 25.0. The standard InChI is InChI=1S/C45H28S/c1-27-22-23-36-31(24-27)32-25-33-30-14-4-11-21-42(30)46-43(33)26-41(32)45(36)39-19-9-7-17-37(39)44(38-18-8-10-20-40(38)45)34-15-5-2-12-28(34)29-13-3-6-16-35(29)44/h2-26H,1H3. The molecule has 0 aliphatic heterocycles. The van der Waals surface area contributed by atoms with Gasteiger partial charge in [-0.1, -0.05) is 139 Å².